The molecule has 4 unspecified atom stereocenters. The van der Waals surface area contributed by atoms with Gasteiger partial charge in [0, 0.05) is 22.6 Å². The standard InChI is InChI=1S/C32H27NO6/c1-4-17-5-8-19(9-6-17)33-31(37)21-11-10-20-22(28(21)32(33)38)15-23-29(25(35)13-16(2)30(23)36)27(20)18-7-12-24(34)26(14-18)39-3/h4-10,12-14,21-22,27-28,34H,1,11,15H2,2-3H3. The molecule has 1 aliphatic heterocycles. The minimum atomic E-state index is -0.652. The Kier molecular flexibility index (Phi) is 5.75. The lowest BCUT2D eigenvalue weighted by atomic mass is 9.59. The van der Waals surface area contributed by atoms with Gasteiger partial charge < -0.3 is 9.84 Å². The van der Waals surface area contributed by atoms with Crippen molar-refractivity contribution in [3.63, 3.8) is 0 Å². The molecule has 39 heavy (non-hydrogen) atoms. The molecule has 0 aromatic heterocycles. The van der Waals surface area contributed by atoms with Crippen LogP contribution in [-0.2, 0) is 19.2 Å². The summed E-state index contributed by atoms with van der Waals surface area (Å²) in [6, 6.07) is 12.0. The van der Waals surface area contributed by atoms with Crippen LogP contribution in [0, 0.1) is 17.8 Å². The lowest BCUT2D eigenvalue weighted by molar-refractivity contribution is -0.123. The van der Waals surface area contributed by atoms with E-state index in [9.17, 15) is 24.3 Å². The second kappa shape index (κ2) is 9.05. The Balaban J connectivity index is 1.48. The van der Waals surface area contributed by atoms with E-state index in [2.05, 4.69) is 6.58 Å². The van der Waals surface area contributed by atoms with Crippen molar-refractivity contribution in [3.8, 4) is 11.5 Å². The number of imide groups is 1. The van der Waals surface area contributed by atoms with E-state index >= 15 is 0 Å². The second-order valence-electron chi connectivity index (χ2n) is 10.5. The highest BCUT2D eigenvalue weighted by Crippen LogP contribution is 2.55. The zero-order chi connectivity index (χ0) is 27.6. The molecule has 2 aromatic carbocycles. The summed E-state index contributed by atoms with van der Waals surface area (Å²) in [5.74, 6) is -3.02. The molecule has 1 fully saturated rings. The molecule has 6 rings (SSSR count). The van der Waals surface area contributed by atoms with Gasteiger partial charge in [0.2, 0.25) is 11.8 Å². The highest BCUT2D eigenvalue weighted by molar-refractivity contribution is 6.25. The number of fused-ring (bicyclic) bond motifs is 3. The number of benzene rings is 2. The van der Waals surface area contributed by atoms with Gasteiger partial charge in [0.1, 0.15) is 0 Å². The molecule has 1 N–H and O–H groups in total. The highest BCUT2D eigenvalue weighted by Gasteiger charge is 2.56. The molecule has 0 radical (unpaired) electrons. The third-order valence-corrected chi connectivity index (χ3v) is 8.49. The summed E-state index contributed by atoms with van der Waals surface area (Å²) in [6.07, 6.45) is 5.60. The first-order valence-corrected chi connectivity index (χ1v) is 12.9. The summed E-state index contributed by atoms with van der Waals surface area (Å²) in [6.45, 7) is 5.38. The first-order valence-electron chi connectivity index (χ1n) is 12.9. The Morgan fingerprint density at radius 1 is 1.03 bits per heavy atom. The number of anilines is 1. The first kappa shape index (κ1) is 24.8. The predicted octanol–water partition coefficient (Wildman–Crippen LogP) is 4.68. The molecule has 1 heterocycles. The molecule has 7 heteroatoms. The van der Waals surface area contributed by atoms with Gasteiger partial charge in [-0.3, -0.25) is 24.1 Å². The van der Waals surface area contributed by atoms with E-state index in [0.29, 0.717) is 34.4 Å². The Labute approximate surface area is 225 Å². The number of carbonyl (C=O) groups is 4. The summed E-state index contributed by atoms with van der Waals surface area (Å²) in [5.41, 5.74) is 4.06. The van der Waals surface area contributed by atoms with Crippen molar-refractivity contribution in [3.05, 3.63) is 94.6 Å². The second-order valence-corrected chi connectivity index (χ2v) is 10.5. The quantitative estimate of drug-likeness (QED) is 0.356. The third kappa shape index (κ3) is 3.64. The number of carbonyl (C=O) groups excluding carboxylic acids is 4. The zero-order valence-electron chi connectivity index (χ0n) is 21.6. The van der Waals surface area contributed by atoms with E-state index < -0.39 is 23.7 Å². The molecule has 0 saturated carbocycles. The SMILES string of the molecule is C=Cc1ccc(N2C(=O)C3CC=C4C(c5ccc(O)c(OC)c5)C5=C(CC4C3C2=O)C(=O)C(C)=CC5=O)cc1. The van der Waals surface area contributed by atoms with Crippen molar-refractivity contribution in [2.75, 3.05) is 12.0 Å². The molecular weight excluding hydrogens is 494 g/mol. The maximum absolute atomic E-state index is 13.9. The van der Waals surface area contributed by atoms with Crippen LogP contribution in [0.2, 0.25) is 0 Å². The number of amides is 2. The Hall–Kier alpha value is -4.52. The normalized spacial score (nSPS) is 26.1. The number of Topliss-reactive ketones (excluding diaryl/α,β-unsaturated/α-hetero) is 1. The average Bonchev–Trinajstić information content (AvgIpc) is 3.20. The van der Waals surface area contributed by atoms with E-state index in [1.807, 2.05) is 18.2 Å². The molecule has 1 saturated heterocycles. The number of hydrogen-bond donors (Lipinski definition) is 1. The maximum Gasteiger partial charge on any atom is 0.238 e. The molecule has 4 aliphatic rings. The number of phenolic OH excluding ortho intramolecular Hbond substituents is 1. The number of allylic oxidation sites excluding steroid dienone is 6. The Morgan fingerprint density at radius 3 is 2.46 bits per heavy atom. The van der Waals surface area contributed by atoms with E-state index in [-0.39, 0.29) is 41.3 Å². The minimum absolute atomic E-state index is 0.0445. The minimum Gasteiger partial charge on any atom is -0.504 e. The van der Waals surface area contributed by atoms with Gasteiger partial charge in [-0.1, -0.05) is 42.5 Å². The van der Waals surface area contributed by atoms with Crippen LogP contribution in [0.15, 0.2) is 83.5 Å². The lowest BCUT2D eigenvalue weighted by Gasteiger charge is -2.42. The fourth-order valence-corrected chi connectivity index (χ4v) is 6.65. The number of nitrogens with zero attached hydrogens (tertiary/aromatic N) is 1. The summed E-state index contributed by atoms with van der Waals surface area (Å²) in [5, 5.41) is 10.2. The first-order chi connectivity index (χ1) is 18.7. The van der Waals surface area contributed by atoms with Gasteiger partial charge in [0.05, 0.1) is 24.6 Å². The smallest absolute Gasteiger partial charge is 0.238 e. The number of aromatic hydroxyl groups is 1. The van der Waals surface area contributed by atoms with Crippen molar-refractivity contribution >= 4 is 35.1 Å². The number of ketones is 2. The summed E-state index contributed by atoms with van der Waals surface area (Å²) < 4.78 is 5.33. The molecule has 0 bridgehead atoms. The van der Waals surface area contributed by atoms with Crippen molar-refractivity contribution < 1.29 is 29.0 Å². The molecule has 3 aliphatic carbocycles. The van der Waals surface area contributed by atoms with E-state index in [0.717, 1.165) is 11.1 Å². The van der Waals surface area contributed by atoms with Gasteiger partial charge in [0.15, 0.2) is 23.1 Å². The number of ether oxygens (including phenoxy) is 1. The zero-order valence-corrected chi connectivity index (χ0v) is 21.6. The van der Waals surface area contributed by atoms with Crippen LogP contribution < -0.4 is 9.64 Å². The number of hydrogen-bond acceptors (Lipinski definition) is 6. The fraction of sp³-hybridized carbons (Fsp3) is 0.250. The van der Waals surface area contributed by atoms with Crippen LogP contribution in [0.25, 0.3) is 6.08 Å². The van der Waals surface area contributed by atoms with E-state index in [1.54, 1.807) is 37.3 Å². The maximum atomic E-state index is 13.9. The van der Waals surface area contributed by atoms with Crippen LogP contribution in [0.5, 0.6) is 11.5 Å². The summed E-state index contributed by atoms with van der Waals surface area (Å²) in [4.78, 5) is 55.5. The molecule has 4 atom stereocenters. The van der Waals surface area contributed by atoms with Crippen LogP contribution >= 0.6 is 0 Å². The van der Waals surface area contributed by atoms with Gasteiger partial charge >= 0.3 is 0 Å². The predicted molar refractivity (Wildman–Crippen MR) is 145 cm³/mol. The van der Waals surface area contributed by atoms with Gasteiger partial charge in [-0.2, -0.15) is 0 Å². The topological polar surface area (TPSA) is 101 Å². The fourth-order valence-electron chi connectivity index (χ4n) is 6.65. The molecule has 2 amide bonds. The number of methoxy groups -OCH3 is 1. The van der Waals surface area contributed by atoms with Crippen molar-refractivity contribution in [1.29, 1.82) is 0 Å². The van der Waals surface area contributed by atoms with Gasteiger partial charge in [0.25, 0.3) is 0 Å². The van der Waals surface area contributed by atoms with Gasteiger partial charge in [-0.15, -0.1) is 0 Å². The van der Waals surface area contributed by atoms with Crippen molar-refractivity contribution in [2.24, 2.45) is 17.8 Å². The largest absolute Gasteiger partial charge is 0.504 e. The lowest BCUT2D eigenvalue weighted by Crippen LogP contribution is -2.39. The monoisotopic (exact) mass is 521 g/mol. The Bertz CT molecular complexity index is 1570. The van der Waals surface area contributed by atoms with Crippen LogP contribution in [0.3, 0.4) is 0 Å². The van der Waals surface area contributed by atoms with Crippen molar-refractivity contribution in [2.45, 2.75) is 25.7 Å². The third-order valence-electron chi connectivity index (χ3n) is 8.49. The van der Waals surface area contributed by atoms with Crippen LogP contribution in [0.4, 0.5) is 5.69 Å². The highest BCUT2D eigenvalue weighted by atomic mass is 16.5. The molecular formula is C32H27NO6. The van der Waals surface area contributed by atoms with Gasteiger partial charge in [-0.25, -0.2) is 0 Å². The van der Waals surface area contributed by atoms with E-state index in [4.69, 9.17) is 4.74 Å². The molecule has 196 valence electrons. The number of phenols is 1. The van der Waals surface area contributed by atoms with E-state index in [1.165, 1.54) is 24.2 Å². The molecule has 7 nitrogen and oxygen atoms in total. The van der Waals surface area contributed by atoms with Crippen LogP contribution in [0.1, 0.15) is 36.8 Å². The molecule has 2 aromatic rings. The van der Waals surface area contributed by atoms with Gasteiger partial charge in [-0.05, 0) is 67.2 Å². The van der Waals surface area contributed by atoms with Crippen LogP contribution in [-0.4, -0.2) is 35.6 Å². The Morgan fingerprint density at radius 2 is 1.77 bits per heavy atom. The summed E-state index contributed by atoms with van der Waals surface area (Å²) >= 11 is 0. The van der Waals surface area contributed by atoms with Crippen molar-refractivity contribution in [1.82, 2.24) is 0 Å². The average molecular weight is 522 g/mol. The number of rotatable bonds is 4. The summed E-state index contributed by atoms with van der Waals surface area (Å²) in [7, 11) is 1.44. The molecule has 0 spiro atoms.